The average molecular weight is 203 g/mol. The highest BCUT2D eigenvalue weighted by Gasteiger charge is 2.13. The van der Waals surface area contributed by atoms with E-state index < -0.39 is 0 Å². The van der Waals surface area contributed by atoms with Gasteiger partial charge in [-0.05, 0) is 23.6 Å². The monoisotopic (exact) mass is 203 g/mol. The minimum absolute atomic E-state index is 0.718. The molecule has 0 N–H and O–H groups in total. The van der Waals surface area contributed by atoms with Crippen molar-refractivity contribution >= 4 is 27.3 Å². The quantitative estimate of drug-likeness (QED) is 0.698. The molecule has 2 heterocycles. The number of aliphatic imine (C=N–C) groups is 1. The van der Waals surface area contributed by atoms with Gasteiger partial charge in [0.25, 0.3) is 0 Å². The van der Waals surface area contributed by atoms with Gasteiger partial charge in [-0.3, -0.25) is 0 Å². The number of nitrogens with zero attached hydrogens (tertiary/aromatic N) is 1. The Balaban J connectivity index is 2.24. The van der Waals surface area contributed by atoms with Crippen molar-refractivity contribution in [3.63, 3.8) is 0 Å². The highest BCUT2D eigenvalue weighted by Crippen LogP contribution is 2.25. The SMILES string of the molecule is c1cc(C2=NCCO2)c2ccsc2c1. The van der Waals surface area contributed by atoms with E-state index in [-0.39, 0.29) is 0 Å². The van der Waals surface area contributed by atoms with Crippen LogP contribution in [0, 0.1) is 0 Å². The van der Waals surface area contributed by atoms with Gasteiger partial charge >= 0.3 is 0 Å². The van der Waals surface area contributed by atoms with E-state index in [9.17, 15) is 0 Å². The molecule has 3 heteroatoms. The zero-order valence-electron chi connectivity index (χ0n) is 7.56. The van der Waals surface area contributed by atoms with Crippen molar-refractivity contribution in [3.05, 3.63) is 35.2 Å². The molecule has 2 aromatic rings. The maximum absolute atomic E-state index is 5.47. The maximum atomic E-state index is 5.47. The van der Waals surface area contributed by atoms with Crippen molar-refractivity contribution < 1.29 is 4.74 Å². The summed E-state index contributed by atoms with van der Waals surface area (Å²) in [6.07, 6.45) is 0. The molecule has 14 heavy (non-hydrogen) atoms. The normalized spacial score (nSPS) is 15.6. The number of hydrogen-bond donors (Lipinski definition) is 0. The van der Waals surface area contributed by atoms with Crippen LogP contribution in [0.3, 0.4) is 0 Å². The van der Waals surface area contributed by atoms with Crippen molar-refractivity contribution in [2.75, 3.05) is 13.2 Å². The molecule has 3 rings (SSSR count). The van der Waals surface area contributed by atoms with Crippen molar-refractivity contribution in [1.82, 2.24) is 0 Å². The van der Waals surface area contributed by atoms with E-state index in [0.717, 1.165) is 24.6 Å². The number of hydrogen-bond acceptors (Lipinski definition) is 3. The zero-order valence-corrected chi connectivity index (χ0v) is 8.38. The summed E-state index contributed by atoms with van der Waals surface area (Å²) in [4.78, 5) is 4.33. The molecular formula is C11H9NOS. The third kappa shape index (κ3) is 1.13. The predicted molar refractivity (Wildman–Crippen MR) is 59.2 cm³/mol. The van der Waals surface area contributed by atoms with Gasteiger partial charge in [0.05, 0.1) is 6.54 Å². The highest BCUT2D eigenvalue weighted by atomic mass is 32.1. The fraction of sp³-hybridized carbons (Fsp3) is 0.182. The van der Waals surface area contributed by atoms with Crippen LogP contribution < -0.4 is 0 Å². The van der Waals surface area contributed by atoms with Gasteiger partial charge < -0.3 is 4.74 Å². The molecule has 0 saturated carbocycles. The standard InChI is InChI=1S/C11H9NOS/c1-2-9(11-12-5-6-13-11)8-4-7-14-10(8)3-1/h1-4,7H,5-6H2. The molecule has 0 unspecified atom stereocenters. The van der Waals surface area contributed by atoms with Crippen LogP contribution in [0.15, 0.2) is 34.6 Å². The summed E-state index contributed by atoms with van der Waals surface area (Å²) in [5.41, 5.74) is 1.13. The number of thiophene rings is 1. The van der Waals surface area contributed by atoms with Gasteiger partial charge in [0.15, 0.2) is 0 Å². The van der Waals surface area contributed by atoms with E-state index in [1.54, 1.807) is 11.3 Å². The molecule has 0 saturated heterocycles. The van der Waals surface area contributed by atoms with Gasteiger partial charge in [-0.15, -0.1) is 11.3 Å². The summed E-state index contributed by atoms with van der Waals surface area (Å²) in [6.45, 7) is 1.51. The molecule has 0 atom stereocenters. The van der Waals surface area contributed by atoms with E-state index >= 15 is 0 Å². The molecule has 2 nitrogen and oxygen atoms in total. The molecule has 0 spiro atoms. The Morgan fingerprint density at radius 3 is 3.14 bits per heavy atom. The van der Waals surface area contributed by atoms with E-state index in [4.69, 9.17) is 4.74 Å². The van der Waals surface area contributed by atoms with Gasteiger partial charge in [0.1, 0.15) is 6.61 Å². The lowest BCUT2D eigenvalue weighted by atomic mass is 10.1. The first kappa shape index (κ1) is 8.00. The van der Waals surface area contributed by atoms with Crippen molar-refractivity contribution in [1.29, 1.82) is 0 Å². The predicted octanol–water partition coefficient (Wildman–Crippen LogP) is 2.68. The number of rotatable bonds is 1. The van der Waals surface area contributed by atoms with Gasteiger partial charge in [-0.25, -0.2) is 4.99 Å². The van der Waals surface area contributed by atoms with Gasteiger partial charge in [0, 0.05) is 15.6 Å². The fourth-order valence-electron chi connectivity index (χ4n) is 1.68. The second kappa shape index (κ2) is 3.10. The second-order valence-corrected chi connectivity index (χ2v) is 4.12. The van der Waals surface area contributed by atoms with Crippen molar-refractivity contribution in [2.24, 2.45) is 4.99 Å². The Hall–Kier alpha value is -1.35. The summed E-state index contributed by atoms with van der Waals surface area (Å²) < 4.78 is 6.76. The molecule has 70 valence electrons. The molecule has 0 fully saturated rings. The maximum Gasteiger partial charge on any atom is 0.216 e. The van der Waals surface area contributed by atoms with E-state index in [0.29, 0.717) is 0 Å². The van der Waals surface area contributed by atoms with Gasteiger partial charge in [0.2, 0.25) is 5.90 Å². The topological polar surface area (TPSA) is 21.6 Å². The molecule has 0 aliphatic carbocycles. The first-order chi connectivity index (χ1) is 6.95. The second-order valence-electron chi connectivity index (χ2n) is 3.17. The number of benzene rings is 1. The van der Waals surface area contributed by atoms with Crippen LogP contribution >= 0.6 is 11.3 Å². The lowest BCUT2D eigenvalue weighted by Gasteiger charge is -2.02. The van der Waals surface area contributed by atoms with Crippen molar-refractivity contribution in [2.45, 2.75) is 0 Å². The van der Waals surface area contributed by atoms with Crippen LogP contribution in [0.2, 0.25) is 0 Å². The van der Waals surface area contributed by atoms with Crippen LogP contribution in [0.1, 0.15) is 5.56 Å². The van der Waals surface area contributed by atoms with Crippen LogP contribution in [-0.4, -0.2) is 19.0 Å². The Labute approximate surface area is 85.9 Å². The molecule has 1 aromatic heterocycles. The molecule has 1 aliphatic rings. The summed E-state index contributed by atoms with van der Waals surface area (Å²) in [7, 11) is 0. The minimum Gasteiger partial charge on any atom is -0.475 e. The lowest BCUT2D eigenvalue weighted by Crippen LogP contribution is -2.00. The number of ether oxygens (including phenoxy) is 1. The third-order valence-corrected chi connectivity index (χ3v) is 3.19. The van der Waals surface area contributed by atoms with Crippen LogP contribution in [0.4, 0.5) is 0 Å². The Morgan fingerprint density at radius 2 is 2.29 bits per heavy atom. The summed E-state index contributed by atoms with van der Waals surface area (Å²) in [5.74, 6) is 0.800. The van der Waals surface area contributed by atoms with Crippen LogP contribution in [-0.2, 0) is 4.74 Å². The molecule has 1 aromatic carbocycles. The minimum atomic E-state index is 0.718. The van der Waals surface area contributed by atoms with Crippen LogP contribution in [0.25, 0.3) is 10.1 Å². The van der Waals surface area contributed by atoms with Crippen molar-refractivity contribution in [3.8, 4) is 0 Å². The van der Waals surface area contributed by atoms with Crippen LogP contribution in [0.5, 0.6) is 0 Å². The highest BCUT2D eigenvalue weighted by molar-refractivity contribution is 7.17. The number of fused-ring (bicyclic) bond motifs is 1. The fourth-order valence-corrected chi connectivity index (χ4v) is 2.49. The van der Waals surface area contributed by atoms with Gasteiger partial charge in [-0.1, -0.05) is 6.07 Å². The summed E-state index contributed by atoms with van der Waals surface area (Å²) in [6, 6.07) is 8.37. The molecular weight excluding hydrogens is 194 g/mol. The lowest BCUT2D eigenvalue weighted by molar-refractivity contribution is 0.348. The first-order valence-corrected chi connectivity index (χ1v) is 5.47. The Kier molecular flexibility index (Phi) is 1.77. The molecule has 0 radical (unpaired) electrons. The zero-order chi connectivity index (χ0) is 9.38. The summed E-state index contributed by atoms with van der Waals surface area (Å²) in [5, 5.41) is 3.35. The summed E-state index contributed by atoms with van der Waals surface area (Å²) >= 11 is 1.75. The Bertz CT molecular complexity index is 501. The smallest absolute Gasteiger partial charge is 0.216 e. The largest absolute Gasteiger partial charge is 0.475 e. The Morgan fingerprint density at radius 1 is 1.29 bits per heavy atom. The molecule has 0 bridgehead atoms. The van der Waals surface area contributed by atoms with E-state index in [1.165, 1.54) is 10.1 Å². The third-order valence-electron chi connectivity index (χ3n) is 2.31. The van der Waals surface area contributed by atoms with Gasteiger partial charge in [-0.2, -0.15) is 0 Å². The molecule has 0 amide bonds. The van der Waals surface area contributed by atoms with E-state index in [1.807, 2.05) is 0 Å². The first-order valence-electron chi connectivity index (χ1n) is 4.59. The molecule has 1 aliphatic heterocycles. The van der Waals surface area contributed by atoms with E-state index in [2.05, 4.69) is 34.6 Å². The average Bonchev–Trinajstić information content (AvgIpc) is 2.88.